The van der Waals surface area contributed by atoms with Crippen molar-refractivity contribution in [3.8, 4) is 16.9 Å². The zero-order chi connectivity index (χ0) is 33.4. The Bertz CT molecular complexity index is 1640. The molecule has 0 amide bonds. The standard InChI is InChI=1S/C35H34O11/c1-21(37)41-20-31-35(5,46-24(4)40)34(44-23(3)39)33(43-22(2)38)32(45-31)27-13-11-26(12-14-27)28-15-16-29(18-36)30(17-28)42-19-25-9-7-6-8-10-25/h6-18,31-32H,19-20H2,1-5H3. The molecule has 1 aliphatic heterocycles. The Morgan fingerprint density at radius 1 is 0.804 bits per heavy atom. The molecule has 0 saturated carbocycles. The maximum Gasteiger partial charge on any atom is 0.307 e. The van der Waals surface area contributed by atoms with Crippen molar-refractivity contribution in [2.45, 2.75) is 59.0 Å². The number of esters is 4. The van der Waals surface area contributed by atoms with Crippen molar-refractivity contribution in [2.75, 3.05) is 6.61 Å². The number of ether oxygens (including phenoxy) is 6. The Hall–Kier alpha value is -5.29. The average molecular weight is 631 g/mol. The van der Waals surface area contributed by atoms with Crippen LogP contribution in [0.2, 0.25) is 0 Å². The minimum atomic E-state index is -1.81. The molecule has 0 radical (unpaired) electrons. The first-order valence-electron chi connectivity index (χ1n) is 14.4. The number of carbonyl (C=O) groups excluding carboxylic acids is 5. The van der Waals surface area contributed by atoms with Crippen molar-refractivity contribution in [3.05, 3.63) is 101 Å². The third-order valence-electron chi connectivity index (χ3n) is 7.05. The molecule has 0 aromatic heterocycles. The third-order valence-corrected chi connectivity index (χ3v) is 7.05. The summed E-state index contributed by atoms with van der Waals surface area (Å²) in [7, 11) is 0. The quantitative estimate of drug-likeness (QED) is 0.153. The van der Waals surface area contributed by atoms with Gasteiger partial charge in [0.25, 0.3) is 0 Å². The monoisotopic (exact) mass is 630 g/mol. The summed E-state index contributed by atoms with van der Waals surface area (Å²) in [6.07, 6.45) is -1.58. The maximum atomic E-state index is 12.3. The Labute approximate surface area is 266 Å². The molecule has 0 saturated heterocycles. The molecular formula is C35H34O11. The summed E-state index contributed by atoms with van der Waals surface area (Å²) in [6.45, 7) is 5.96. The van der Waals surface area contributed by atoms with E-state index in [4.69, 9.17) is 28.4 Å². The van der Waals surface area contributed by atoms with Gasteiger partial charge >= 0.3 is 23.9 Å². The zero-order valence-electron chi connectivity index (χ0n) is 26.1. The van der Waals surface area contributed by atoms with E-state index in [0.29, 0.717) is 16.9 Å². The number of carbonyl (C=O) groups is 5. The number of benzene rings is 3. The van der Waals surface area contributed by atoms with Crippen LogP contribution in [0.1, 0.15) is 62.2 Å². The van der Waals surface area contributed by atoms with Crippen molar-refractivity contribution in [3.63, 3.8) is 0 Å². The summed E-state index contributed by atoms with van der Waals surface area (Å²) in [6, 6.07) is 21.8. The van der Waals surface area contributed by atoms with Gasteiger partial charge in [0, 0.05) is 27.7 Å². The first-order chi connectivity index (χ1) is 21.9. The third kappa shape index (κ3) is 8.05. The highest BCUT2D eigenvalue weighted by molar-refractivity contribution is 5.82. The van der Waals surface area contributed by atoms with Crippen molar-refractivity contribution < 1.29 is 52.4 Å². The molecule has 0 aliphatic carbocycles. The van der Waals surface area contributed by atoms with Gasteiger partial charge in [0.05, 0.1) is 5.56 Å². The van der Waals surface area contributed by atoms with Crippen LogP contribution in [-0.2, 0) is 49.5 Å². The van der Waals surface area contributed by atoms with Crippen LogP contribution in [0.25, 0.3) is 11.1 Å². The van der Waals surface area contributed by atoms with Crippen LogP contribution in [0, 0.1) is 0 Å². The van der Waals surface area contributed by atoms with Gasteiger partial charge in [0.15, 0.2) is 23.4 Å². The summed E-state index contributed by atoms with van der Waals surface area (Å²) in [4.78, 5) is 60.1. The summed E-state index contributed by atoms with van der Waals surface area (Å²) >= 11 is 0. The van der Waals surface area contributed by atoms with Crippen LogP contribution in [0.4, 0.5) is 0 Å². The second-order valence-electron chi connectivity index (χ2n) is 10.7. The Kier molecular flexibility index (Phi) is 10.7. The molecule has 3 unspecified atom stereocenters. The molecular weight excluding hydrogens is 596 g/mol. The Morgan fingerprint density at radius 3 is 2.04 bits per heavy atom. The lowest BCUT2D eigenvalue weighted by molar-refractivity contribution is -0.205. The zero-order valence-corrected chi connectivity index (χ0v) is 26.1. The molecule has 1 aliphatic rings. The Morgan fingerprint density at radius 2 is 1.46 bits per heavy atom. The lowest BCUT2D eigenvalue weighted by Gasteiger charge is -2.43. The van der Waals surface area contributed by atoms with Gasteiger partial charge in [-0.15, -0.1) is 0 Å². The first-order valence-corrected chi connectivity index (χ1v) is 14.4. The van der Waals surface area contributed by atoms with Crippen LogP contribution < -0.4 is 4.74 Å². The predicted molar refractivity (Wildman–Crippen MR) is 163 cm³/mol. The van der Waals surface area contributed by atoms with Gasteiger partial charge in [-0.05, 0) is 41.3 Å². The SMILES string of the molecule is CC(=O)OCC1OC(c2ccc(-c3ccc(C=O)c(OCc4ccccc4)c3)cc2)C(OC(C)=O)=C(OC(C)=O)C1(C)OC(C)=O. The fourth-order valence-corrected chi connectivity index (χ4v) is 4.97. The lowest BCUT2D eigenvalue weighted by atomic mass is 9.89. The van der Waals surface area contributed by atoms with E-state index in [1.807, 2.05) is 30.3 Å². The van der Waals surface area contributed by atoms with Crippen LogP contribution in [0.3, 0.4) is 0 Å². The number of aldehydes is 1. The number of rotatable bonds is 11. The van der Waals surface area contributed by atoms with E-state index in [1.54, 1.807) is 42.5 Å². The number of hydrogen-bond acceptors (Lipinski definition) is 11. The summed E-state index contributed by atoms with van der Waals surface area (Å²) in [5, 5.41) is 0. The van der Waals surface area contributed by atoms with Crippen LogP contribution in [0.5, 0.6) is 5.75 Å². The van der Waals surface area contributed by atoms with E-state index < -0.39 is 41.7 Å². The molecule has 3 aromatic rings. The molecule has 11 heteroatoms. The van der Waals surface area contributed by atoms with Crippen LogP contribution in [0.15, 0.2) is 84.3 Å². The molecule has 3 atom stereocenters. The molecule has 4 rings (SSSR count). The fraction of sp³-hybridized carbons (Fsp3) is 0.286. The van der Waals surface area contributed by atoms with Gasteiger partial charge in [-0.25, -0.2) is 0 Å². The molecule has 0 spiro atoms. The molecule has 11 nitrogen and oxygen atoms in total. The molecule has 0 fully saturated rings. The normalized spacial score (nSPS) is 19.1. The largest absolute Gasteiger partial charge is 0.488 e. The molecule has 240 valence electrons. The molecule has 0 N–H and O–H groups in total. The highest BCUT2D eigenvalue weighted by atomic mass is 16.6. The van der Waals surface area contributed by atoms with E-state index in [9.17, 15) is 24.0 Å². The molecule has 0 bridgehead atoms. The summed E-state index contributed by atoms with van der Waals surface area (Å²) in [5.41, 5.74) is 1.54. The van der Waals surface area contributed by atoms with Gasteiger partial charge < -0.3 is 28.4 Å². The van der Waals surface area contributed by atoms with E-state index in [-0.39, 0.29) is 24.7 Å². The van der Waals surface area contributed by atoms with Crippen molar-refractivity contribution in [1.29, 1.82) is 0 Å². The van der Waals surface area contributed by atoms with Gasteiger partial charge in [-0.3, -0.25) is 24.0 Å². The van der Waals surface area contributed by atoms with E-state index >= 15 is 0 Å². The highest BCUT2D eigenvalue weighted by Crippen LogP contribution is 2.45. The second-order valence-corrected chi connectivity index (χ2v) is 10.7. The van der Waals surface area contributed by atoms with Gasteiger partial charge in [-0.1, -0.05) is 60.7 Å². The fourth-order valence-electron chi connectivity index (χ4n) is 4.97. The summed E-state index contributed by atoms with van der Waals surface area (Å²) in [5.74, 6) is -2.94. The lowest BCUT2D eigenvalue weighted by Crippen LogP contribution is -2.54. The van der Waals surface area contributed by atoms with Gasteiger partial charge in [0.1, 0.15) is 31.2 Å². The molecule has 46 heavy (non-hydrogen) atoms. The average Bonchev–Trinajstić information content (AvgIpc) is 3.01. The smallest absolute Gasteiger partial charge is 0.307 e. The topological polar surface area (TPSA) is 141 Å². The minimum absolute atomic E-state index is 0.204. The van der Waals surface area contributed by atoms with E-state index in [0.717, 1.165) is 43.7 Å². The van der Waals surface area contributed by atoms with Crippen LogP contribution in [-0.4, -0.2) is 48.5 Å². The van der Waals surface area contributed by atoms with Crippen molar-refractivity contribution in [2.24, 2.45) is 0 Å². The van der Waals surface area contributed by atoms with E-state index in [1.165, 1.54) is 13.8 Å². The first kappa shape index (κ1) is 33.6. The Balaban J connectivity index is 1.74. The summed E-state index contributed by atoms with van der Waals surface area (Å²) < 4.78 is 34.1. The predicted octanol–water partition coefficient (Wildman–Crippen LogP) is 5.41. The molecule has 1 heterocycles. The van der Waals surface area contributed by atoms with Gasteiger partial charge in [0.2, 0.25) is 0 Å². The van der Waals surface area contributed by atoms with Crippen molar-refractivity contribution in [1.82, 2.24) is 0 Å². The van der Waals surface area contributed by atoms with Crippen molar-refractivity contribution >= 4 is 30.2 Å². The van der Waals surface area contributed by atoms with E-state index in [2.05, 4.69) is 0 Å². The second kappa shape index (κ2) is 14.7. The van der Waals surface area contributed by atoms with Crippen LogP contribution >= 0.6 is 0 Å². The number of hydrogen-bond donors (Lipinski definition) is 0. The highest BCUT2D eigenvalue weighted by Gasteiger charge is 2.54. The molecule has 3 aromatic carbocycles. The minimum Gasteiger partial charge on any atom is -0.488 e. The van der Waals surface area contributed by atoms with Gasteiger partial charge in [-0.2, -0.15) is 0 Å². The maximum absolute atomic E-state index is 12.3.